The molecule has 1 aliphatic heterocycles. The van der Waals surface area contributed by atoms with Crippen molar-refractivity contribution in [3.63, 3.8) is 0 Å². The molecule has 1 fully saturated rings. The zero-order chi connectivity index (χ0) is 17.8. The molecular weight excluding hydrogens is 342 g/mol. The molecule has 134 valence electrons. The van der Waals surface area contributed by atoms with Crippen LogP contribution in [0.15, 0.2) is 60.0 Å². The van der Waals surface area contributed by atoms with Crippen molar-refractivity contribution in [1.29, 1.82) is 0 Å². The molecule has 26 heavy (non-hydrogen) atoms. The van der Waals surface area contributed by atoms with Crippen LogP contribution in [0.2, 0.25) is 0 Å². The van der Waals surface area contributed by atoms with Crippen LogP contribution in [0.3, 0.4) is 0 Å². The summed E-state index contributed by atoms with van der Waals surface area (Å²) in [6.07, 6.45) is 7.10. The number of thioether (sulfide) groups is 1. The summed E-state index contributed by atoms with van der Waals surface area (Å²) >= 11 is 1.57. The summed E-state index contributed by atoms with van der Waals surface area (Å²) < 4.78 is 6.32. The van der Waals surface area contributed by atoms with Crippen molar-refractivity contribution >= 4 is 22.5 Å². The molecule has 4 rings (SSSR count). The van der Waals surface area contributed by atoms with Crippen LogP contribution in [0.4, 0.5) is 0 Å². The molecule has 0 radical (unpaired) electrons. The maximum Gasteiger partial charge on any atom is 0.187 e. The lowest BCUT2D eigenvalue weighted by molar-refractivity contribution is 0.0105. The standard InChI is InChI=1S/C21H23N3OS/c1-26-21-23-11-18(12-24-21)19-8-9-22-13-20(19)25-14-15-6-7-16-4-2-3-5-17(16)10-15/h2-7,10-12,19-20,22H,8-9,13-14H2,1H3. The normalized spacial score (nSPS) is 20.3. The molecule has 2 unspecified atom stereocenters. The van der Waals surface area contributed by atoms with Gasteiger partial charge in [-0.25, -0.2) is 9.97 Å². The minimum absolute atomic E-state index is 0.138. The van der Waals surface area contributed by atoms with Crippen molar-refractivity contribution in [3.05, 3.63) is 66.0 Å². The van der Waals surface area contributed by atoms with Crippen molar-refractivity contribution in [2.75, 3.05) is 19.3 Å². The van der Waals surface area contributed by atoms with E-state index in [2.05, 4.69) is 57.7 Å². The van der Waals surface area contributed by atoms with Gasteiger partial charge in [-0.15, -0.1) is 0 Å². The van der Waals surface area contributed by atoms with Crippen LogP contribution in [0.1, 0.15) is 23.5 Å². The minimum Gasteiger partial charge on any atom is -0.372 e. The minimum atomic E-state index is 0.138. The second-order valence-electron chi connectivity index (χ2n) is 6.63. The van der Waals surface area contributed by atoms with Gasteiger partial charge in [-0.1, -0.05) is 48.2 Å². The fraction of sp³-hybridized carbons (Fsp3) is 0.333. The van der Waals surface area contributed by atoms with E-state index < -0.39 is 0 Å². The van der Waals surface area contributed by atoms with Crippen LogP contribution in [-0.2, 0) is 11.3 Å². The maximum absolute atomic E-state index is 6.32. The van der Waals surface area contributed by atoms with E-state index in [0.717, 1.165) is 24.7 Å². The molecule has 5 heteroatoms. The van der Waals surface area contributed by atoms with Gasteiger partial charge in [0.25, 0.3) is 0 Å². The van der Waals surface area contributed by atoms with Gasteiger partial charge in [-0.2, -0.15) is 0 Å². The number of rotatable bonds is 5. The summed E-state index contributed by atoms with van der Waals surface area (Å²) in [5.41, 5.74) is 2.38. The van der Waals surface area contributed by atoms with Crippen LogP contribution in [0, 0.1) is 0 Å². The summed E-state index contributed by atoms with van der Waals surface area (Å²) in [6.45, 7) is 2.49. The molecule has 0 spiro atoms. The fourth-order valence-electron chi connectivity index (χ4n) is 3.54. The molecule has 0 aliphatic carbocycles. The van der Waals surface area contributed by atoms with E-state index in [1.165, 1.54) is 21.9 Å². The molecule has 0 bridgehead atoms. The van der Waals surface area contributed by atoms with Gasteiger partial charge in [0.1, 0.15) is 0 Å². The van der Waals surface area contributed by atoms with E-state index in [1.807, 2.05) is 18.6 Å². The molecular formula is C21H23N3OS. The lowest BCUT2D eigenvalue weighted by Crippen LogP contribution is -2.41. The Hall–Kier alpha value is -1.95. The van der Waals surface area contributed by atoms with Gasteiger partial charge in [-0.3, -0.25) is 0 Å². The Labute approximate surface area is 158 Å². The highest BCUT2D eigenvalue weighted by atomic mass is 32.2. The van der Waals surface area contributed by atoms with Crippen LogP contribution in [-0.4, -0.2) is 35.4 Å². The molecule has 1 N–H and O–H groups in total. The van der Waals surface area contributed by atoms with E-state index >= 15 is 0 Å². The van der Waals surface area contributed by atoms with E-state index in [0.29, 0.717) is 12.5 Å². The Morgan fingerprint density at radius 2 is 1.92 bits per heavy atom. The van der Waals surface area contributed by atoms with Gasteiger partial charge >= 0.3 is 0 Å². The van der Waals surface area contributed by atoms with Gasteiger partial charge in [0.2, 0.25) is 0 Å². The largest absolute Gasteiger partial charge is 0.372 e. The smallest absolute Gasteiger partial charge is 0.187 e. The SMILES string of the molecule is CSc1ncc(C2CCNCC2OCc2ccc3ccccc3c2)cn1. The summed E-state index contributed by atoms with van der Waals surface area (Å²) in [7, 11) is 0. The Bertz CT molecular complexity index is 869. The first-order valence-electron chi connectivity index (χ1n) is 8.99. The molecule has 3 aromatic rings. The summed E-state index contributed by atoms with van der Waals surface area (Å²) in [5.74, 6) is 0.340. The maximum atomic E-state index is 6.32. The highest BCUT2D eigenvalue weighted by Crippen LogP contribution is 2.28. The number of aromatic nitrogens is 2. The highest BCUT2D eigenvalue weighted by Gasteiger charge is 2.27. The van der Waals surface area contributed by atoms with Crippen molar-refractivity contribution < 1.29 is 4.74 Å². The summed E-state index contributed by atoms with van der Waals surface area (Å²) in [5, 5.41) is 6.79. The number of nitrogens with zero attached hydrogens (tertiary/aromatic N) is 2. The average molecular weight is 366 g/mol. The van der Waals surface area contributed by atoms with Crippen molar-refractivity contribution in [2.45, 2.75) is 30.2 Å². The van der Waals surface area contributed by atoms with E-state index in [-0.39, 0.29) is 6.10 Å². The summed E-state index contributed by atoms with van der Waals surface area (Å²) in [4.78, 5) is 8.87. The molecule has 1 aliphatic rings. The second-order valence-corrected chi connectivity index (χ2v) is 7.41. The average Bonchev–Trinajstić information content (AvgIpc) is 2.72. The predicted octanol–water partition coefficient (Wildman–Crippen LogP) is 4.01. The number of hydrogen-bond acceptors (Lipinski definition) is 5. The zero-order valence-electron chi connectivity index (χ0n) is 14.9. The van der Waals surface area contributed by atoms with Crippen LogP contribution < -0.4 is 5.32 Å². The van der Waals surface area contributed by atoms with Crippen molar-refractivity contribution in [3.8, 4) is 0 Å². The number of hydrogen-bond donors (Lipinski definition) is 1. The molecule has 4 nitrogen and oxygen atoms in total. The van der Waals surface area contributed by atoms with Gasteiger partial charge < -0.3 is 10.1 Å². The van der Waals surface area contributed by atoms with E-state index in [4.69, 9.17) is 4.74 Å². The third kappa shape index (κ3) is 3.90. The second kappa shape index (κ2) is 8.16. The quantitative estimate of drug-likeness (QED) is 0.547. The first-order chi connectivity index (χ1) is 12.8. The van der Waals surface area contributed by atoms with Crippen molar-refractivity contribution in [1.82, 2.24) is 15.3 Å². The lowest BCUT2D eigenvalue weighted by atomic mass is 9.89. The molecule has 1 aromatic heterocycles. The molecule has 2 aromatic carbocycles. The molecule has 0 amide bonds. The van der Waals surface area contributed by atoms with Crippen LogP contribution >= 0.6 is 11.8 Å². The molecule has 0 saturated carbocycles. The Morgan fingerprint density at radius 1 is 1.12 bits per heavy atom. The monoisotopic (exact) mass is 365 g/mol. The Kier molecular flexibility index (Phi) is 5.48. The van der Waals surface area contributed by atoms with E-state index in [1.54, 1.807) is 11.8 Å². The highest BCUT2D eigenvalue weighted by molar-refractivity contribution is 7.98. The fourth-order valence-corrected chi connectivity index (χ4v) is 3.86. The van der Waals surface area contributed by atoms with Gasteiger partial charge in [0.15, 0.2) is 5.16 Å². The number of benzene rings is 2. The Balaban J connectivity index is 1.47. The van der Waals surface area contributed by atoms with Crippen LogP contribution in [0.5, 0.6) is 0 Å². The molecule has 1 saturated heterocycles. The van der Waals surface area contributed by atoms with E-state index in [9.17, 15) is 0 Å². The lowest BCUT2D eigenvalue weighted by Gasteiger charge is -2.32. The van der Waals surface area contributed by atoms with Crippen molar-refractivity contribution in [2.24, 2.45) is 0 Å². The van der Waals surface area contributed by atoms with Gasteiger partial charge in [0.05, 0.1) is 12.7 Å². The third-order valence-electron chi connectivity index (χ3n) is 4.96. The first-order valence-corrected chi connectivity index (χ1v) is 10.2. The first kappa shape index (κ1) is 17.5. The zero-order valence-corrected chi connectivity index (χ0v) is 15.7. The summed E-state index contributed by atoms with van der Waals surface area (Å²) in [6, 6.07) is 15.0. The van der Waals surface area contributed by atoms with Gasteiger partial charge in [0, 0.05) is 24.9 Å². The predicted molar refractivity (Wildman–Crippen MR) is 107 cm³/mol. The number of fused-ring (bicyclic) bond motifs is 1. The van der Waals surface area contributed by atoms with Crippen LogP contribution in [0.25, 0.3) is 10.8 Å². The number of piperidine rings is 1. The molecule has 2 atom stereocenters. The number of nitrogens with one attached hydrogen (secondary N) is 1. The van der Waals surface area contributed by atoms with Gasteiger partial charge in [-0.05, 0) is 47.2 Å². The Morgan fingerprint density at radius 3 is 2.73 bits per heavy atom. The number of ether oxygens (including phenoxy) is 1. The molecule has 2 heterocycles. The third-order valence-corrected chi connectivity index (χ3v) is 5.54. The topological polar surface area (TPSA) is 47.0 Å².